The number of carbonyl (C=O) groups is 1. The number of carbonyl (C=O) groups excluding carboxylic acids is 1. The summed E-state index contributed by atoms with van der Waals surface area (Å²) in [4.78, 5) is 14.1. The Balaban J connectivity index is 1.86. The molecule has 132 valence electrons. The van der Waals surface area contributed by atoms with Crippen molar-refractivity contribution in [2.45, 2.75) is 51.2 Å². The zero-order valence-electron chi connectivity index (χ0n) is 13.5. The van der Waals surface area contributed by atoms with E-state index in [1.807, 2.05) is 0 Å². The van der Waals surface area contributed by atoms with E-state index in [-0.39, 0.29) is 25.9 Å². The lowest BCUT2D eigenvalue weighted by Crippen LogP contribution is -2.54. The van der Waals surface area contributed by atoms with Gasteiger partial charge < -0.3 is 9.64 Å². The molecule has 2 heterocycles. The minimum Gasteiger partial charge on any atom is -0.480 e. The predicted octanol–water partition coefficient (Wildman–Crippen LogP) is 2.88. The van der Waals surface area contributed by atoms with Crippen LogP contribution in [0.15, 0.2) is 6.07 Å². The molecule has 0 bridgehead atoms. The van der Waals surface area contributed by atoms with Crippen LogP contribution in [0.1, 0.15) is 43.4 Å². The van der Waals surface area contributed by atoms with E-state index in [4.69, 9.17) is 4.74 Å². The lowest BCUT2D eigenvalue weighted by Gasteiger charge is -2.42. The van der Waals surface area contributed by atoms with Gasteiger partial charge in [0.05, 0.1) is 12.8 Å². The molecule has 1 saturated carbocycles. The molecule has 0 unspecified atom stereocenters. The van der Waals surface area contributed by atoms with Gasteiger partial charge in [-0.25, -0.2) is 0 Å². The molecule has 0 saturated heterocycles. The molecule has 1 aromatic rings. The van der Waals surface area contributed by atoms with E-state index in [9.17, 15) is 18.0 Å². The Labute approximate surface area is 138 Å². The van der Waals surface area contributed by atoms with Crippen molar-refractivity contribution in [3.63, 3.8) is 0 Å². The van der Waals surface area contributed by atoms with Gasteiger partial charge in [-0.05, 0) is 12.8 Å². The maximum atomic E-state index is 13.7. The highest BCUT2D eigenvalue weighted by atomic mass is 19.4. The lowest BCUT2D eigenvalue weighted by atomic mass is 9.72. The summed E-state index contributed by atoms with van der Waals surface area (Å²) in [5.74, 6) is -0.498. The number of amides is 1. The Hall–Kier alpha value is -1.86. The fraction of sp³-hybridized carbons (Fsp3) is 0.688. The molecule has 5 nitrogen and oxygen atoms in total. The number of rotatable bonds is 2. The Morgan fingerprint density at radius 1 is 1.25 bits per heavy atom. The fourth-order valence-electron chi connectivity index (χ4n) is 3.66. The topological polar surface area (TPSA) is 55.3 Å². The summed E-state index contributed by atoms with van der Waals surface area (Å²) in [5, 5.41) is 7.89. The van der Waals surface area contributed by atoms with E-state index in [1.54, 1.807) is 6.07 Å². The Bertz CT molecular complexity index is 627. The molecular weight excluding hydrogens is 323 g/mol. The first-order valence-corrected chi connectivity index (χ1v) is 8.13. The van der Waals surface area contributed by atoms with Crippen LogP contribution >= 0.6 is 0 Å². The fourth-order valence-corrected chi connectivity index (χ4v) is 3.66. The monoisotopic (exact) mass is 343 g/mol. The van der Waals surface area contributed by atoms with Crippen LogP contribution in [-0.4, -0.2) is 40.8 Å². The molecule has 0 N–H and O–H groups in total. The van der Waals surface area contributed by atoms with Crippen molar-refractivity contribution in [1.82, 2.24) is 15.1 Å². The van der Waals surface area contributed by atoms with E-state index in [0.29, 0.717) is 36.4 Å². The normalized spacial score (nSPS) is 20.4. The maximum absolute atomic E-state index is 13.7. The Kier molecular flexibility index (Phi) is 4.40. The van der Waals surface area contributed by atoms with Crippen molar-refractivity contribution >= 4 is 5.91 Å². The molecular formula is C16H20F3N3O2. The van der Waals surface area contributed by atoms with Crippen LogP contribution < -0.4 is 4.74 Å². The van der Waals surface area contributed by atoms with Gasteiger partial charge in [0.1, 0.15) is 5.41 Å². The number of ether oxygens (including phenoxy) is 1. The third-order valence-corrected chi connectivity index (χ3v) is 5.07. The highest BCUT2D eigenvalue weighted by Gasteiger charge is 2.61. The van der Waals surface area contributed by atoms with E-state index < -0.39 is 17.5 Å². The first kappa shape index (κ1) is 17.0. The molecule has 1 aromatic heterocycles. The van der Waals surface area contributed by atoms with Gasteiger partial charge in [-0.3, -0.25) is 4.79 Å². The van der Waals surface area contributed by atoms with Crippen LogP contribution in [-0.2, 0) is 17.8 Å². The average molecular weight is 343 g/mol. The van der Waals surface area contributed by atoms with Gasteiger partial charge >= 0.3 is 6.18 Å². The van der Waals surface area contributed by atoms with Crippen molar-refractivity contribution in [2.24, 2.45) is 5.41 Å². The second kappa shape index (κ2) is 6.22. The molecule has 0 aromatic carbocycles. The largest absolute Gasteiger partial charge is 0.480 e. The molecule has 0 radical (unpaired) electrons. The van der Waals surface area contributed by atoms with E-state index >= 15 is 0 Å². The summed E-state index contributed by atoms with van der Waals surface area (Å²) in [5.41, 5.74) is -0.813. The summed E-state index contributed by atoms with van der Waals surface area (Å²) < 4.78 is 46.2. The molecule has 8 heteroatoms. The molecule has 1 aliphatic heterocycles. The molecule has 1 amide bonds. The zero-order chi connectivity index (χ0) is 17.4. The third kappa shape index (κ3) is 2.82. The van der Waals surface area contributed by atoms with Gasteiger partial charge in [0.15, 0.2) is 0 Å². The number of hydrogen-bond donors (Lipinski definition) is 0. The van der Waals surface area contributed by atoms with E-state index in [1.165, 1.54) is 12.0 Å². The standard InChI is InChI=1S/C16H20F3N3O2/c1-24-13-9-11-10-22(8-5-12(11)20-21-13)14(23)15(16(17,18)19)6-3-2-4-7-15/h9H,2-8,10H2,1H3. The van der Waals surface area contributed by atoms with Crippen molar-refractivity contribution in [1.29, 1.82) is 0 Å². The van der Waals surface area contributed by atoms with Gasteiger partial charge in [0, 0.05) is 31.1 Å². The third-order valence-electron chi connectivity index (χ3n) is 5.07. The van der Waals surface area contributed by atoms with Crippen molar-refractivity contribution in [3.8, 4) is 5.88 Å². The molecule has 1 fully saturated rings. The Morgan fingerprint density at radius 3 is 2.58 bits per heavy atom. The van der Waals surface area contributed by atoms with Crippen LogP contribution in [0, 0.1) is 5.41 Å². The minimum absolute atomic E-state index is 0.114. The quantitative estimate of drug-likeness (QED) is 0.829. The summed E-state index contributed by atoms with van der Waals surface area (Å²) in [6.07, 6.45) is -2.71. The maximum Gasteiger partial charge on any atom is 0.403 e. The number of halogens is 3. The van der Waals surface area contributed by atoms with Gasteiger partial charge in [-0.1, -0.05) is 19.3 Å². The number of fused-ring (bicyclic) bond motifs is 1. The van der Waals surface area contributed by atoms with Crippen molar-refractivity contribution < 1.29 is 22.7 Å². The predicted molar refractivity (Wildman–Crippen MR) is 79.3 cm³/mol. The molecule has 2 aliphatic rings. The molecule has 0 spiro atoms. The lowest BCUT2D eigenvalue weighted by molar-refractivity contribution is -0.236. The Morgan fingerprint density at radius 2 is 1.96 bits per heavy atom. The highest BCUT2D eigenvalue weighted by Crippen LogP contribution is 2.50. The first-order chi connectivity index (χ1) is 11.4. The van der Waals surface area contributed by atoms with Crippen LogP contribution in [0.5, 0.6) is 5.88 Å². The van der Waals surface area contributed by atoms with E-state index in [2.05, 4.69) is 10.2 Å². The number of nitrogens with zero attached hydrogens (tertiary/aromatic N) is 3. The first-order valence-electron chi connectivity index (χ1n) is 8.13. The van der Waals surface area contributed by atoms with Crippen LogP contribution in [0.2, 0.25) is 0 Å². The molecule has 1 aliphatic carbocycles. The van der Waals surface area contributed by atoms with Gasteiger partial charge in [-0.2, -0.15) is 18.3 Å². The number of hydrogen-bond acceptors (Lipinski definition) is 4. The van der Waals surface area contributed by atoms with Gasteiger partial charge in [0.2, 0.25) is 11.8 Å². The van der Waals surface area contributed by atoms with Crippen molar-refractivity contribution in [3.05, 3.63) is 17.3 Å². The summed E-state index contributed by atoms with van der Waals surface area (Å²) >= 11 is 0. The second-order valence-electron chi connectivity index (χ2n) is 6.48. The smallest absolute Gasteiger partial charge is 0.403 e. The van der Waals surface area contributed by atoms with E-state index in [0.717, 1.165) is 6.42 Å². The van der Waals surface area contributed by atoms with Crippen LogP contribution in [0.25, 0.3) is 0 Å². The molecule has 0 atom stereocenters. The number of alkyl halides is 3. The summed E-state index contributed by atoms with van der Waals surface area (Å²) in [6, 6.07) is 1.64. The second-order valence-corrected chi connectivity index (χ2v) is 6.48. The van der Waals surface area contributed by atoms with Crippen molar-refractivity contribution in [2.75, 3.05) is 13.7 Å². The summed E-state index contributed by atoms with van der Waals surface area (Å²) in [7, 11) is 1.45. The minimum atomic E-state index is -4.51. The summed E-state index contributed by atoms with van der Waals surface area (Å²) in [6.45, 7) is 0.364. The van der Waals surface area contributed by atoms with Gasteiger partial charge in [-0.15, -0.1) is 5.10 Å². The highest BCUT2D eigenvalue weighted by molar-refractivity contribution is 5.84. The van der Waals surface area contributed by atoms with Crippen LogP contribution in [0.3, 0.4) is 0 Å². The number of methoxy groups -OCH3 is 1. The van der Waals surface area contributed by atoms with Crippen LogP contribution in [0.4, 0.5) is 13.2 Å². The number of aromatic nitrogens is 2. The average Bonchev–Trinajstić information content (AvgIpc) is 2.59. The molecule has 3 rings (SSSR count). The SMILES string of the molecule is COc1cc2c(nn1)CCN(C(=O)C1(C(F)(F)F)CCCCC1)C2. The molecule has 24 heavy (non-hydrogen) atoms. The van der Waals surface area contributed by atoms with Gasteiger partial charge in [0.25, 0.3) is 0 Å². The zero-order valence-corrected chi connectivity index (χ0v) is 13.5.